The Morgan fingerprint density at radius 1 is 1.36 bits per heavy atom. The van der Waals surface area contributed by atoms with Gasteiger partial charge in [0, 0.05) is 51.9 Å². The predicted octanol–water partition coefficient (Wildman–Crippen LogP) is 2.61. The quantitative estimate of drug-likeness (QED) is 0.912. The summed E-state index contributed by atoms with van der Waals surface area (Å²) in [5, 5.41) is 3.09. The predicted molar refractivity (Wildman–Crippen MR) is 94.8 cm³/mol. The van der Waals surface area contributed by atoms with Crippen molar-refractivity contribution >= 4 is 6.03 Å². The van der Waals surface area contributed by atoms with E-state index in [0.717, 1.165) is 44.3 Å². The number of benzene rings is 1. The minimum Gasteiger partial charge on any atom is -0.375 e. The first-order valence-electron chi connectivity index (χ1n) is 9.05. The first-order chi connectivity index (χ1) is 12.0. The van der Waals surface area contributed by atoms with Crippen molar-refractivity contribution in [3.8, 4) is 0 Å². The van der Waals surface area contributed by atoms with E-state index >= 15 is 0 Å². The van der Waals surface area contributed by atoms with E-state index < -0.39 is 0 Å². The van der Waals surface area contributed by atoms with Gasteiger partial charge in [0.05, 0.1) is 5.60 Å². The molecule has 2 aliphatic heterocycles. The van der Waals surface area contributed by atoms with Crippen LogP contribution in [0.4, 0.5) is 9.18 Å². The van der Waals surface area contributed by atoms with Crippen molar-refractivity contribution in [3.05, 3.63) is 35.6 Å². The topological polar surface area (TPSA) is 44.8 Å². The fraction of sp³-hybridized carbons (Fsp3) is 0.632. The Morgan fingerprint density at radius 3 is 2.76 bits per heavy atom. The third-order valence-electron chi connectivity index (χ3n) is 5.35. The Balaban J connectivity index is 1.53. The van der Waals surface area contributed by atoms with E-state index in [0.29, 0.717) is 13.2 Å². The van der Waals surface area contributed by atoms with E-state index in [4.69, 9.17) is 4.74 Å². The zero-order valence-corrected chi connectivity index (χ0v) is 15.1. The van der Waals surface area contributed by atoms with E-state index in [9.17, 15) is 9.18 Å². The number of piperidine rings is 1. The molecule has 0 radical (unpaired) electrons. The zero-order chi connectivity index (χ0) is 17.9. The maximum atomic E-state index is 13.8. The molecule has 0 bridgehead atoms. The van der Waals surface area contributed by atoms with Crippen molar-refractivity contribution in [1.82, 2.24) is 15.1 Å². The van der Waals surface area contributed by atoms with Gasteiger partial charge < -0.3 is 15.0 Å². The van der Waals surface area contributed by atoms with Crippen LogP contribution in [0.1, 0.15) is 31.2 Å². The number of hydrogen-bond acceptors (Lipinski definition) is 3. The first-order valence-corrected chi connectivity index (χ1v) is 9.05. The van der Waals surface area contributed by atoms with Crippen molar-refractivity contribution in [2.75, 3.05) is 33.8 Å². The monoisotopic (exact) mass is 349 g/mol. The number of halogens is 1. The number of nitrogens with zero attached hydrogens (tertiary/aromatic N) is 2. The van der Waals surface area contributed by atoms with Gasteiger partial charge in [0.1, 0.15) is 5.82 Å². The van der Waals surface area contributed by atoms with Gasteiger partial charge in [-0.1, -0.05) is 18.2 Å². The molecule has 2 saturated heterocycles. The highest BCUT2D eigenvalue weighted by atomic mass is 19.1. The molecule has 5 nitrogen and oxygen atoms in total. The summed E-state index contributed by atoms with van der Waals surface area (Å²) in [6.07, 6.45) is 3.58. The number of likely N-dealkylation sites (tertiary alicyclic amines) is 1. The highest BCUT2D eigenvalue weighted by Gasteiger charge is 2.40. The van der Waals surface area contributed by atoms with Crippen LogP contribution < -0.4 is 5.32 Å². The van der Waals surface area contributed by atoms with Crippen LogP contribution in [0.2, 0.25) is 0 Å². The number of carbonyl (C=O) groups excluding carboxylic acids is 1. The van der Waals surface area contributed by atoms with Crippen LogP contribution in [0.3, 0.4) is 0 Å². The summed E-state index contributed by atoms with van der Waals surface area (Å²) in [7, 11) is 3.51. The SMILES string of the molecule is CN(C)C(=O)NC1CCOC2(CCN(Cc3ccccc3F)CC2)C1. The fourth-order valence-electron chi connectivity index (χ4n) is 3.79. The summed E-state index contributed by atoms with van der Waals surface area (Å²) in [4.78, 5) is 15.8. The molecule has 1 spiro atoms. The largest absolute Gasteiger partial charge is 0.375 e. The summed E-state index contributed by atoms with van der Waals surface area (Å²) in [6.45, 7) is 3.11. The molecule has 0 aromatic heterocycles. The molecule has 2 heterocycles. The molecule has 2 aliphatic rings. The van der Waals surface area contributed by atoms with Crippen LogP contribution in [-0.2, 0) is 11.3 Å². The average Bonchev–Trinajstić information content (AvgIpc) is 2.59. The standard InChI is InChI=1S/C19H28FN3O2/c1-22(2)18(24)21-16-7-12-25-19(13-16)8-10-23(11-9-19)14-15-5-3-4-6-17(15)20/h3-6,16H,7-14H2,1-2H3,(H,21,24). The van der Waals surface area contributed by atoms with Gasteiger partial charge in [0.25, 0.3) is 0 Å². The normalized spacial score (nSPS) is 23.4. The van der Waals surface area contributed by atoms with Crippen molar-refractivity contribution in [2.24, 2.45) is 0 Å². The van der Waals surface area contributed by atoms with Crippen LogP contribution >= 0.6 is 0 Å². The Kier molecular flexibility index (Phi) is 5.59. The van der Waals surface area contributed by atoms with Crippen molar-refractivity contribution < 1.29 is 13.9 Å². The van der Waals surface area contributed by atoms with Crippen LogP contribution in [0.15, 0.2) is 24.3 Å². The number of amides is 2. The third-order valence-corrected chi connectivity index (χ3v) is 5.35. The van der Waals surface area contributed by atoms with E-state index in [1.807, 2.05) is 12.1 Å². The first kappa shape index (κ1) is 18.1. The maximum absolute atomic E-state index is 13.8. The molecule has 1 aromatic carbocycles. The van der Waals surface area contributed by atoms with Crippen LogP contribution in [-0.4, -0.2) is 61.3 Å². The lowest BCUT2D eigenvalue weighted by Crippen LogP contribution is -2.54. The Morgan fingerprint density at radius 2 is 2.08 bits per heavy atom. The highest BCUT2D eigenvalue weighted by molar-refractivity contribution is 5.73. The number of rotatable bonds is 3. The molecule has 2 fully saturated rings. The van der Waals surface area contributed by atoms with Gasteiger partial charge in [-0.15, -0.1) is 0 Å². The van der Waals surface area contributed by atoms with Crippen LogP contribution in [0.5, 0.6) is 0 Å². The smallest absolute Gasteiger partial charge is 0.317 e. The van der Waals surface area contributed by atoms with Gasteiger partial charge >= 0.3 is 6.03 Å². The lowest BCUT2D eigenvalue weighted by molar-refractivity contribution is -0.119. The van der Waals surface area contributed by atoms with Gasteiger partial charge in [0.2, 0.25) is 0 Å². The van der Waals surface area contributed by atoms with E-state index in [1.54, 1.807) is 25.1 Å². The lowest BCUT2D eigenvalue weighted by atomic mass is 9.82. The molecule has 6 heteroatoms. The number of hydrogen-bond donors (Lipinski definition) is 1. The van der Waals surface area contributed by atoms with E-state index in [1.165, 1.54) is 6.07 Å². The van der Waals surface area contributed by atoms with Crippen molar-refractivity contribution in [2.45, 2.75) is 43.9 Å². The second-order valence-electron chi connectivity index (χ2n) is 7.43. The van der Waals surface area contributed by atoms with E-state index in [2.05, 4.69) is 10.2 Å². The molecule has 2 amide bonds. The molecule has 138 valence electrons. The second-order valence-corrected chi connectivity index (χ2v) is 7.43. The molecule has 1 atom stereocenters. The van der Waals surface area contributed by atoms with Gasteiger partial charge in [-0.25, -0.2) is 9.18 Å². The molecule has 1 N–H and O–H groups in total. The summed E-state index contributed by atoms with van der Waals surface area (Å²) >= 11 is 0. The Labute approximate surface area is 149 Å². The molecular formula is C19H28FN3O2. The molecule has 25 heavy (non-hydrogen) atoms. The average molecular weight is 349 g/mol. The number of ether oxygens (including phenoxy) is 1. The van der Waals surface area contributed by atoms with Gasteiger partial charge in [-0.05, 0) is 31.7 Å². The third kappa shape index (κ3) is 4.50. The maximum Gasteiger partial charge on any atom is 0.317 e. The molecular weight excluding hydrogens is 321 g/mol. The minimum atomic E-state index is -0.145. The van der Waals surface area contributed by atoms with Gasteiger partial charge in [-0.2, -0.15) is 0 Å². The summed E-state index contributed by atoms with van der Waals surface area (Å²) < 4.78 is 20.0. The minimum absolute atomic E-state index is 0.0426. The highest BCUT2D eigenvalue weighted by Crippen LogP contribution is 2.35. The Hall–Kier alpha value is -1.66. The molecule has 1 aromatic rings. The van der Waals surface area contributed by atoms with Gasteiger partial charge in [-0.3, -0.25) is 4.90 Å². The lowest BCUT2D eigenvalue weighted by Gasteiger charge is -2.46. The van der Waals surface area contributed by atoms with Crippen LogP contribution in [0.25, 0.3) is 0 Å². The number of urea groups is 1. The second kappa shape index (κ2) is 7.70. The van der Waals surface area contributed by atoms with Crippen LogP contribution in [0, 0.1) is 5.82 Å². The van der Waals surface area contributed by atoms with Crippen molar-refractivity contribution in [1.29, 1.82) is 0 Å². The molecule has 1 unspecified atom stereocenters. The molecule has 0 aliphatic carbocycles. The molecule has 0 saturated carbocycles. The summed E-state index contributed by atoms with van der Waals surface area (Å²) in [6, 6.07) is 7.10. The van der Waals surface area contributed by atoms with E-state index in [-0.39, 0.29) is 23.5 Å². The summed E-state index contributed by atoms with van der Waals surface area (Å²) in [5.41, 5.74) is 0.605. The van der Waals surface area contributed by atoms with Gasteiger partial charge in [0.15, 0.2) is 0 Å². The zero-order valence-electron chi connectivity index (χ0n) is 15.1. The molecule has 3 rings (SSSR count). The number of nitrogens with one attached hydrogen (secondary N) is 1. The van der Waals surface area contributed by atoms with Crippen molar-refractivity contribution in [3.63, 3.8) is 0 Å². The fourth-order valence-corrected chi connectivity index (χ4v) is 3.79. The Bertz CT molecular complexity index is 600. The summed E-state index contributed by atoms with van der Waals surface area (Å²) in [5.74, 6) is -0.136. The number of carbonyl (C=O) groups is 1.